The SMILES string of the molecule is CC(C)(C)C1CC1C(=O)N1CC(N)C1. The highest BCUT2D eigenvalue weighted by Gasteiger charge is 2.51. The van der Waals surface area contributed by atoms with Crippen LogP contribution in [0.1, 0.15) is 27.2 Å². The number of likely N-dealkylation sites (tertiary alicyclic amines) is 1. The monoisotopic (exact) mass is 196 g/mol. The predicted octanol–water partition coefficient (Wildman–Crippen LogP) is 0.838. The zero-order valence-corrected chi connectivity index (χ0v) is 9.29. The number of hydrogen-bond acceptors (Lipinski definition) is 2. The van der Waals surface area contributed by atoms with Crippen LogP contribution in [0.25, 0.3) is 0 Å². The van der Waals surface area contributed by atoms with Gasteiger partial charge in [0, 0.05) is 25.0 Å². The van der Waals surface area contributed by atoms with Crippen LogP contribution < -0.4 is 5.73 Å². The second-order valence-electron chi connectivity index (χ2n) is 5.82. The highest BCUT2D eigenvalue weighted by Crippen LogP contribution is 2.51. The van der Waals surface area contributed by atoms with Gasteiger partial charge < -0.3 is 10.6 Å². The van der Waals surface area contributed by atoms with Gasteiger partial charge in [-0.3, -0.25) is 4.79 Å². The summed E-state index contributed by atoms with van der Waals surface area (Å²) in [5, 5.41) is 0. The molecule has 3 heteroatoms. The molecule has 1 amide bonds. The molecular weight excluding hydrogens is 176 g/mol. The molecule has 2 fully saturated rings. The summed E-state index contributed by atoms with van der Waals surface area (Å²) in [4.78, 5) is 13.8. The Bertz CT molecular complexity index is 251. The third-order valence-electron chi connectivity index (χ3n) is 3.44. The Hall–Kier alpha value is -0.570. The van der Waals surface area contributed by atoms with Crippen molar-refractivity contribution in [3.05, 3.63) is 0 Å². The van der Waals surface area contributed by atoms with Crippen molar-refractivity contribution >= 4 is 5.91 Å². The molecule has 2 unspecified atom stereocenters. The lowest BCUT2D eigenvalue weighted by molar-refractivity contribution is -0.137. The number of amides is 1. The second-order valence-corrected chi connectivity index (χ2v) is 5.82. The Morgan fingerprint density at radius 1 is 1.36 bits per heavy atom. The fourth-order valence-corrected chi connectivity index (χ4v) is 2.35. The lowest BCUT2D eigenvalue weighted by atomic mass is 9.88. The van der Waals surface area contributed by atoms with Gasteiger partial charge in [-0.25, -0.2) is 0 Å². The van der Waals surface area contributed by atoms with Crippen molar-refractivity contribution in [2.75, 3.05) is 13.1 Å². The highest BCUT2D eigenvalue weighted by atomic mass is 16.2. The molecule has 2 aliphatic rings. The van der Waals surface area contributed by atoms with E-state index in [9.17, 15) is 4.79 Å². The maximum absolute atomic E-state index is 11.9. The number of hydrogen-bond donors (Lipinski definition) is 1. The minimum absolute atomic E-state index is 0.228. The molecule has 0 aromatic heterocycles. The van der Waals surface area contributed by atoms with Crippen molar-refractivity contribution in [2.24, 2.45) is 23.0 Å². The van der Waals surface area contributed by atoms with E-state index in [0.29, 0.717) is 17.7 Å². The smallest absolute Gasteiger partial charge is 0.226 e. The Morgan fingerprint density at radius 3 is 2.29 bits per heavy atom. The van der Waals surface area contributed by atoms with E-state index in [1.54, 1.807) is 0 Å². The number of carbonyl (C=O) groups excluding carboxylic acids is 1. The number of carbonyl (C=O) groups is 1. The van der Waals surface area contributed by atoms with Gasteiger partial charge in [0.2, 0.25) is 5.91 Å². The van der Waals surface area contributed by atoms with E-state index in [4.69, 9.17) is 5.73 Å². The first kappa shape index (κ1) is 9.97. The summed E-state index contributed by atoms with van der Waals surface area (Å²) in [7, 11) is 0. The van der Waals surface area contributed by atoms with Crippen LogP contribution in [0, 0.1) is 17.3 Å². The van der Waals surface area contributed by atoms with E-state index in [0.717, 1.165) is 19.5 Å². The van der Waals surface area contributed by atoms with Crippen LogP contribution in [0.3, 0.4) is 0 Å². The first-order valence-electron chi connectivity index (χ1n) is 5.44. The van der Waals surface area contributed by atoms with Gasteiger partial charge in [0.1, 0.15) is 0 Å². The molecule has 0 radical (unpaired) electrons. The molecule has 14 heavy (non-hydrogen) atoms. The highest BCUT2D eigenvalue weighted by molar-refractivity contribution is 5.82. The second kappa shape index (κ2) is 2.96. The lowest BCUT2D eigenvalue weighted by Gasteiger charge is -2.37. The summed E-state index contributed by atoms with van der Waals surface area (Å²) in [5.41, 5.74) is 5.94. The van der Waals surface area contributed by atoms with Gasteiger partial charge in [0.05, 0.1) is 0 Å². The summed E-state index contributed by atoms with van der Waals surface area (Å²) in [6.45, 7) is 8.19. The van der Waals surface area contributed by atoms with Gasteiger partial charge >= 0.3 is 0 Å². The quantitative estimate of drug-likeness (QED) is 0.675. The maximum Gasteiger partial charge on any atom is 0.226 e. The Morgan fingerprint density at radius 2 is 1.93 bits per heavy atom. The third kappa shape index (κ3) is 1.65. The molecule has 2 atom stereocenters. The molecule has 1 heterocycles. The Kier molecular flexibility index (Phi) is 2.11. The van der Waals surface area contributed by atoms with Crippen LogP contribution in [0.5, 0.6) is 0 Å². The van der Waals surface area contributed by atoms with E-state index < -0.39 is 0 Å². The van der Waals surface area contributed by atoms with Crippen LogP contribution in [0.15, 0.2) is 0 Å². The van der Waals surface area contributed by atoms with E-state index in [1.807, 2.05) is 4.90 Å². The van der Waals surface area contributed by atoms with Crippen molar-refractivity contribution in [1.82, 2.24) is 4.90 Å². The predicted molar refractivity (Wildman–Crippen MR) is 55.6 cm³/mol. The van der Waals surface area contributed by atoms with E-state index in [2.05, 4.69) is 20.8 Å². The molecule has 1 saturated heterocycles. The van der Waals surface area contributed by atoms with Gasteiger partial charge in [0.15, 0.2) is 0 Å². The zero-order chi connectivity index (χ0) is 10.5. The molecule has 0 aromatic carbocycles. The summed E-state index contributed by atoms with van der Waals surface area (Å²) in [6, 6.07) is 0.228. The largest absolute Gasteiger partial charge is 0.339 e. The number of nitrogens with zero attached hydrogens (tertiary/aromatic N) is 1. The zero-order valence-electron chi connectivity index (χ0n) is 9.29. The fraction of sp³-hybridized carbons (Fsp3) is 0.909. The Labute approximate surface area is 85.6 Å². The molecular formula is C11H20N2O. The first-order valence-corrected chi connectivity index (χ1v) is 5.44. The van der Waals surface area contributed by atoms with Crippen molar-refractivity contribution in [3.8, 4) is 0 Å². The third-order valence-corrected chi connectivity index (χ3v) is 3.44. The van der Waals surface area contributed by atoms with Crippen molar-refractivity contribution in [3.63, 3.8) is 0 Å². The molecule has 0 spiro atoms. The van der Waals surface area contributed by atoms with Crippen molar-refractivity contribution in [1.29, 1.82) is 0 Å². The maximum atomic E-state index is 11.9. The molecule has 80 valence electrons. The fourth-order valence-electron chi connectivity index (χ4n) is 2.35. The molecule has 1 aliphatic carbocycles. The first-order chi connectivity index (χ1) is 6.39. The minimum Gasteiger partial charge on any atom is -0.339 e. The summed E-state index contributed by atoms with van der Waals surface area (Å²) in [5.74, 6) is 1.22. The molecule has 1 aliphatic heterocycles. The number of rotatable bonds is 1. The van der Waals surface area contributed by atoms with Crippen LogP contribution in [0.4, 0.5) is 0 Å². The molecule has 0 aromatic rings. The van der Waals surface area contributed by atoms with Gasteiger partial charge in [-0.2, -0.15) is 0 Å². The summed E-state index contributed by atoms with van der Waals surface area (Å²) >= 11 is 0. The topological polar surface area (TPSA) is 46.3 Å². The minimum atomic E-state index is 0.228. The summed E-state index contributed by atoms with van der Waals surface area (Å²) in [6.07, 6.45) is 1.08. The average Bonchev–Trinajstić information content (AvgIpc) is 2.74. The molecule has 2 N–H and O–H groups in total. The molecule has 0 bridgehead atoms. The van der Waals surface area contributed by atoms with Crippen LogP contribution in [-0.2, 0) is 4.79 Å². The van der Waals surface area contributed by atoms with Crippen LogP contribution in [0.2, 0.25) is 0 Å². The van der Waals surface area contributed by atoms with Crippen molar-refractivity contribution in [2.45, 2.75) is 33.2 Å². The van der Waals surface area contributed by atoms with E-state index in [-0.39, 0.29) is 11.5 Å². The molecule has 1 saturated carbocycles. The van der Waals surface area contributed by atoms with Gasteiger partial charge in [-0.15, -0.1) is 0 Å². The Balaban J connectivity index is 1.85. The molecule has 3 nitrogen and oxygen atoms in total. The van der Waals surface area contributed by atoms with Gasteiger partial charge in [0.25, 0.3) is 0 Å². The lowest BCUT2D eigenvalue weighted by Crippen LogP contribution is -2.58. The van der Waals surface area contributed by atoms with Gasteiger partial charge in [-0.05, 0) is 17.8 Å². The van der Waals surface area contributed by atoms with Gasteiger partial charge in [-0.1, -0.05) is 20.8 Å². The standard InChI is InChI=1S/C11H20N2O/c1-11(2,3)9-4-8(9)10(14)13-5-7(12)6-13/h7-9H,4-6,12H2,1-3H3. The van der Waals surface area contributed by atoms with E-state index >= 15 is 0 Å². The van der Waals surface area contributed by atoms with E-state index in [1.165, 1.54) is 0 Å². The van der Waals surface area contributed by atoms with Crippen LogP contribution >= 0.6 is 0 Å². The van der Waals surface area contributed by atoms with Crippen LogP contribution in [-0.4, -0.2) is 29.9 Å². The summed E-state index contributed by atoms with van der Waals surface area (Å²) < 4.78 is 0. The average molecular weight is 196 g/mol. The normalized spacial score (nSPS) is 32.7. The molecule has 2 rings (SSSR count). The van der Waals surface area contributed by atoms with Crippen molar-refractivity contribution < 1.29 is 4.79 Å². The number of nitrogens with two attached hydrogens (primary N) is 1.